The Hall–Kier alpha value is -2.69. The summed E-state index contributed by atoms with van der Waals surface area (Å²) < 4.78 is 0. The van der Waals surface area contributed by atoms with E-state index in [1.54, 1.807) is 6.20 Å². The van der Waals surface area contributed by atoms with Gasteiger partial charge in [-0.15, -0.1) is 0 Å². The van der Waals surface area contributed by atoms with Crippen molar-refractivity contribution in [2.45, 2.75) is 19.8 Å². The molecule has 1 amide bonds. The highest BCUT2D eigenvalue weighted by molar-refractivity contribution is 5.83. The number of amides is 1. The summed E-state index contributed by atoms with van der Waals surface area (Å²) in [6.07, 6.45) is 2.45. The van der Waals surface area contributed by atoms with Crippen molar-refractivity contribution in [3.05, 3.63) is 65.5 Å². The number of carbonyl (C=O) groups is 2. The maximum Gasteiger partial charge on any atom is 0.323 e. The van der Waals surface area contributed by atoms with E-state index in [2.05, 4.69) is 4.98 Å². The lowest BCUT2D eigenvalue weighted by Crippen LogP contribution is -2.38. The van der Waals surface area contributed by atoms with Gasteiger partial charge in [-0.3, -0.25) is 14.6 Å². The summed E-state index contributed by atoms with van der Waals surface area (Å²) in [4.78, 5) is 28.9. The molecule has 23 heavy (non-hydrogen) atoms. The maximum absolute atomic E-state index is 12.4. The highest BCUT2D eigenvalue weighted by Gasteiger charge is 2.17. The Bertz CT molecular complexity index is 654. The Morgan fingerprint density at radius 2 is 1.83 bits per heavy atom. The predicted octanol–water partition coefficient (Wildman–Crippen LogP) is 2.09. The molecule has 0 fully saturated rings. The van der Waals surface area contributed by atoms with Crippen LogP contribution in [-0.2, 0) is 22.4 Å². The van der Waals surface area contributed by atoms with E-state index in [4.69, 9.17) is 5.11 Å². The van der Waals surface area contributed by atoms with E-state index < -0.39 is 5.97 Å². The molecule has 120 valence electrons. The second kappa shape index (κ2) is 8.08. The normalized spacial score (nSPS) is 10.3. The van der Waals surface area contributed by atoms with E-state index in [9.17, 15) is 9.59 Å². The first-order valence-corrected chi connectivity index (χ1v) is 7.49. The number of aryl methyl sites for hydroxylation is 1. The number of carboxylic acids is 1. The van der Waals surface area contributed by atoms with Crippen LogP contribution in [0.25, 0.3) is 0 Å². The molecular weight excluding hydrogens is 292 g/mol. The lowest BCUT2D eigenvalue weighted by molar-refractivity contribution is -0.144. The van der Waals surface area contributed by atoms with Crippen LogP contribution in [0.5, 0.6) is 0 Å². The molecule has 0 unspecified atom stereocenters. The third kappa shape index (κ3) is 5.54. The fraction of sp³-hybridized carbons (Fsp3) is 0.278. The molecule has 0 aliphatic heterocycles. The molecule has 2 rings (SSSR count). The van der Waals surface area contributed by atoms with Crippen LogP contribution in [0.2, 0.25) is 0 Å². The minimum absolute atomic E-state index is 0.162. The van der Waals surface area contributed by atoms with Crippen molar-refractivity contribution in [1.29, 1.82) is 0 Å². The number of aromatic nitrogens is 1. The van der Waals surface area contributed by atoms with Crippen molar-refractivity contribution < 1.29 is 14.7 Å². The van der Waals surface area contributed by atoms with E-state index in [1.807, 2.05) is 49.4 Å². The average molecular weight is 312 g/mol. The average Bonchev–Trinajstić information content (AvgIpc) is 2.54. The number of carbonyl (C=O) groups excluding carboxylic acids is 1. The number of nitrogens with zero attached hydrogens (tertiary/aromatic N) is 2. The molecular formula is C18H20N2O3. The molecule has 0 bridgehead atoms. The standard InChI is InChI=1S/C18H20N2O3/c1-14-7-8-16(12-19-14)11-17(21)20(13-18(22)23)10-9-15-5-3-2-4-6-15/h2-8,12H,9-11,13H2,1H3,(H,22,23). The van der Waals surface area contributed by atoms with E-state index in [0.717, 1.165) is 16.8 Å². The highest BCUT2D eigenvalue weighted by Crippen LogP contribution is 2.06. The zero-order valence-electron chi connectivity index (χ0n) is 13.1. The van der Waals surface area contributed by atoms with Crippen LogP contribution in [0.15, 0.2) is 48.7 Å². The molecule has 0 atom stereocenters. The summed E-state index contributed by atoms with van der Waals surface area (Å²) in [6.45, 7) is 1.97. The van der Waals surface area contributed by atoms with Gasteiger partial charge >= 0.3 is 5.97 Å². The van der Waals surface area contributed by atoms with Gasteiger partial charge in [0.2, 0.25) is 5.91 Å². The third-order valence-corrected chi connectivity index (χ3v) is 3.52. The molecule has 1 aromatic heterocycles. The largest absolute Gasteiger partial charge is 0.480 e. The SMILES string of the molecule is Cc1ccc(CC(=O)N(CCc2ccccc2)CC(=O)O)cn1. The van der Waals surface area contributed by atoms with Gasteiger partial charge in [-0.1, -0.05) is 36.4 Å². The molecule has 0 aliphatic rings. The van der Waals surface area contributed by atoms with Gasteiger partial charge in [0, 0.05) is 18.4 Å². The maximum atomic E-state index is 12.4. The van der Waals surface area contributed by atoms with Gasteiger partial charge in [0.1, 0.15) is 6.54 Å². The number of rotatable bonds is 7. The van der Waals surface area contributed by atoms with Gasteiger partial charge < -0.3 is 10.0 Å². The van der Waals surface area contributed by atoms with Crippen molar-refractivity contribution in [1.82, 2.24) is 9.88 Å². The van der Waals surface area contributed by atoms with Crippen molar-refractivity contribution >= 4 is 11.9 Å². The number of pyridine rings is 1. The first-order valence-electron chi connectivity index (χ1n) is 7.49. The van der Waals surface area contributed by atoms with Crippen molar-refractivity contribution in [2.75, 3.05) is 13.1 Å². The molecule has 0 spiro atoms. The van der Waals surface area contributed by atoms with E-state index in [0.29, 0.717) is 13.0 Å². The van der Waals surface area contributed by atoms with Crippen LogP contribution in [-0.4, -0.2) is 40.0 Å². The van der Waals surface area contributed by atoms with Gasteiger partial charge in [0.05, 0.1) is 6.42 Å². The van der Waals surface area contributed by atoms with Crippen LogP contribution in [0, 0.1) is 6.92 Å². The minimum atomic E-state index is -1.01. The smallest absolute Gasteiger partial charge is 0.323 e. The van der Waals surface area contributed by atoms with Crippen LogP contribution >= 0.6 is 0 Å². The first kappa shape index (κ1) is 16.7. The predicted molar refractivity (Wildman–Crippen MR) is 87.0 cm³/mol. The second-order valence-corrected chi connectivity index (χ2v) is 5.43. The first-order chi connectivity index (χ1) is 11.0. The molecule has 5 nitrogen and oxygen atoms in total. The third-order valence-electron chi connectivity index (χ3n) is 3.52. The van der Waals surface area contributed by atoms with Gasteiger partial charge in [-0.2, -0.15) is 0 Å². The quantitative estimate of drug-likeness (QED) is 0.850. The summed E-state index contributed by atoms with van der Waals surface area (Å²) >= 11 is 0. The number of carboxylic acid groups (broad SMARTS) is 1. The van der Waals surface area contributed by atoms with Gasteiger partial charge in [0.15, 0.2) is 0 Å². The van der Waals surface area contributed by atoms with Crippen molar-refractivity contribution in [3.8, 4) is 0 Å². The van der Waals surface area contributed by atoms with Gasteiger partial charge in [0.25, 0.3) is 0 Å². The number of aliphatic carboxylic acids is 1. The van der Waals surface area contributed by atoms with E-state index >= 15 is 0 Å². The zero-order chi connectivity index (χ0) is 16.7. The Morgan fingerprint density at radius 3 is 2.43 bits per heavy atom. The molecule has 0 saturated heterocycles. The Kier molecular flexibility index (Phi) is 5.86. The Morgan fingerprint density at radius 1 is 1.09 bits per heavy atom. The van der Waals surface area contributed by atoms with Crippen LogP contribution < -0.4 is 0 Å². The summed E-state index contributed by atoms with van der Waals surface area (Å²) in [5.41, 5.74) is 2.75. The van der Waals surface area contributed by atoms with Crippen LogP contribution in [0.1, 0.15) is 16.8 Å². The Labute approximate surface area is 135 Å². The van der Waals surface area contributed by atoms with E-state index in [-0.39, 0.29) is 18.9 Å². The van der Waals surface area contributed by atoms with Crippen LogP contribution in [0.3, 0.4) is 0 Å². The molecule has 0 saturated carbocycles. The van der Waals surface area contributed by atoms with E-state index in [1.165, 1.54) is 4.90 Å². The monoisotopic (exact) mass is 312 g/mol. The summed E-state index contributed by atoms with van der Waals surface area (Å²) in [6, 6.07) is 13.4. The number of hydrogen-bond donors (Lipinski definition) is 1. The molecule has 1 aromatic carbocycles. The number of benzene rings is 1. The fourth-order valence-corrected chi connectivity index (χ4v) is 2.25. The number of hydrogen-bond acceptors (Lipinski definition) is 3. The minimum Gasteiger partial charge on any atom is -0.480 e. The van der Waals surface area contributed by atoms with Gasteiger partial charge in [-0.25, -0.2) is 0 Å². The molecule has 2 aromatic rings. The molecule has 0 radical (unpaired) electrons. The molecule has 5 heteroatoms. The molecule has 0 aliphatic carbocycles. The van der Waals surface area contributed by atoms with Crippen molar-refractivity contribution in [2.24, 2.45) is 0 Å². The lowest BCUT2D eigenvalue weighted by Gasteiger charge is -2.21. The summed E-state index contributed by atoms with van der Waals surface area (Å²) in [5.74, 6) is -1.21. The van der Waals surface area contributed by atoms with Crippen molar-refractivity contribution in [3.63, 3.8) is 0 Å². The second-order valence-electron chi connectivity index (χ2n) is 5.43. The fourth-order valence-electron chi connectivity index (χ4n) is 2.25. The lowest BCUT2D eigenvalue weighted by atomic mass is 10.1. The summed E-state index contributed by atoms with van der Waals surface area (Å²) in [7, 11) is 0. The van der Waals surface area contributed by atoms with Gasteiger partial charge in [-0.05, 0) is 30.5 Å². The topological polar surface area (TPSA) is 70.5 Å². The van der Waals surface area contributed by atoms with Crippen LogP contribution in [0.4, 0.5) is 0 Å². The zero-order valence-corrected chi connectivity index (χ0v) is 13.1. The molecule has 1 heterocycles. The highest BCUT2D eigenvalue weighted by atomic mass is 16.4. The molecule has 1 N–H and O–H groups in total. The Balaban J connectivity index is 2.00. The summed E-state index contributed by atoms with van der Waals surface area (Å²) in [5, 5.41) is 9.03.